The smallest absolute Gasteiger partial charge is 0.472 e. The number of carboxylic acids is 1. The average Bonchev–Trinajstić information content (AvgIpc) is 3.31. The van der Waals surface area contributed by atoms with Gasteiger partial charge in [0.1, 0.15) is 12.1 Å². The lowest BCUT2D eigenvalue weighted by Crippen LogP contribution is -2.34. The van der Waals surface area contributed by atoms with Crippen LogP contribution < -0.4 is 5.73 Å². The number of phosphoric ester groups is 1. The Morgan fingerprint density at radius 1 is 0.493 bits per heavy atom. The first kappa shape index (κ1) is 63.9. The van der Waals surface area contributed by atoms with Gasteiger partial charge in [-0.25, -0.2) is 4.57 Å². The van der Waals surface area contributed by atoms with Crippen molar-refractivity contribution in [2.24, 2.45) is 5.73 Å². The summed E-state index contributed by atoms with van der Waals surface area (Å²) in [7, 11) is -4.64. The zero-order valence-electron chi connectivity index (χ0n) is 42.2. The minimum absolute atomic E-state index is 0.00230. The van der Waals surface area contributed by atoms with Crippen LogP contribution in [-0.4, -0.2) is 60.5 Å². The lowest BCUT2D eigenvalue weighted by Gasteiger charge is -2.20. The van der Waals surface area contributed by atoms with Crippen LogP contribution in [0.1, 0.15) is 206 Å². The number of carbonyl (C=O) groups is 2. The fraction of sp³-hybridized carbons (Fsp3) is 0.679. The number of esters is 1. The first-order valence-electron chi connectivity index (χ1n) is 26.3. The van der Waals surface area contributed by atoms with Crippen LogP contribution in [0.15, 0.2) is 97.2 Å². The van der Waals surface area contributed by atoms with Crippen LogP contribution in [0.2, 0.25) is 0 Å². The topological polar surface area (TPSA) is 155 Å². The summed E-state index contributed by atoms with van der Waals surface area (Å²) < 4.78 is 33.5. The maximum atomic E-state index is 12.7. The second-order valence-corrected chi connectivity index (χ2v) is 18.7. The summed E-state index contributed by atoms with van der Waals surface area (Å²) in [6.45, 7) is 3.71. The van der Waals surface area contributed by atoms with Crippen molar-refractivity contribution in [1.29, 1.82) is 0 Å². The Hall–Kier alpha value is -3.11. The van der Waals surface area contributed by atoms with Gasteiger partial charge in [-0.1, -0.05) is 201 Å². The molecule has 0 aliphatic heterocycles. The first-order valence-corrected chi connectivity index (χ1v) is 27.8. The Bertz CT molecular complexity index is 1430. The molecule has 0 aliphatic carbocycles. The third kappa shape index (κ3) is 50.6. The van der Waals surface area contributed by atoms with E-state index in [1.807, 2.05) is 0 Å². The maximum absolute atomic E-state index is 12.7. The third-order valence-electron chi connectivity index (χ3n) is 10.8. The number of phosphoric acid groups is 1. The van der Waals surface area contributed by atoms with Crippen LogP contribution in [0.5, 0.6) is 0 Å². The Morgan fingerprint density at radius 2 is 0.866 bits per heavy atom. The van der Waals surface area contributed by atoms with Gasteiger partial charge in [-0.3, -0.25) is 18.6 Å². The molecule has 0 bridgehead atoms. The lowest BCUT2D eigenvalue weighted by molar-refractivity contribution is -0.154. The standard InChI is InChI=1S/C56H96NO9P/c1-3-5-7-9-11-13-15-17-19-21-23-25-27-28-30-32-34-36-38-40-42-44-46-48-55(58)66-53(51-64-67(61,62)65-52-54(57)56(59)60)50-63-49-47-45-43-41-39-37-35-33-31-29-26-24-22-20-18-16-14-12-10-8-6-4-2/h6,8,12,14-15,17-18,20-21,23-24,26-28,31,33,53-54H,3-5,7,9-11,13,16,19,22,25,29-30,32,34-52,57H2,1-2H3,(H,59,60)(H,61,62)/b8-6-,14-12-,17-15-,20-18-,23-21-,26-24-,28-27-,33-31-. The number of nitrogens with two attached hydrogens (primary N) is 1. The molecule has 0 aromatic rings. The molecule has 0 saturated heterocycles. The van der Waals surface area contributed by atoms with E-state index in [0.29, 0.717) is 13.0 Å². The van der Waals surface area contributed by atoms with E-state index in [1.54, 1.807) is 0 Å². The van der Waals surface area contributed by atoms with Crippen LogP contribution in [0.25, 0.3) is 0 Å². The van der Waals surface area contributed by atoms with E-state index >= 15 is 0 Å². The van der Waals surface area contributed by atoms with Gasteiger partial charge in [-0.05, 0) is 96.3 Å². The molecule has 0 radical (unpaired) electrons. The van der Waals surface area contributed by atoms with E-state index in [1.165, 1.54) is 77.0 Å². The molecule has 3 unspecified atom stereocenters. The van der Waals surface area contributed by atoms with Crippen molar-refractivity contribution < 1.29 is 42.7 Å². The fourth-order valence-corrected chi connectivity index (χ4v) is 7.59. The number of rotatable bonds is 49. The van der Waals surface area contributed by atoms with Gasteiger partial charge in [0, 0.05) is 13.0 Å². The highest BCUT2D eigenvalue weighted by atomic mass is 31.2. The molecule has 384 valence electrons. The quantitative estimate of drug-likeness (QED) is 0.0232. The normalized spacial score (nSPS) is 14.4. The molecule has 11 heteroatoms. The molecule has 0 amide bonds. The van der Waals surface area contributed by atoms with Crippen LogP contribution in [-0.2, 0) is 32.7 Å². The van der Waals surface area contributed by atoms with Gasteiger partial charge in [-0.2, -0.15) is 0 Å². The van der Waals surface area contributed by atoms with Crippen molar-refractivity contribution in [1.82, 2.24) is 0 Å². The Morgan fingerprint density at radius 3 is 1.30 bits per heavy atom. The molecule has 0 heterocycles. The Labute approximate surface area is 409 Å². The van der Waals surface area contributed by atoms with E-state index in [-0.39, 0.29) is 13.0 Å². The fourth-order valence-electron chi connectivity index (χ4n) is 6.81. The first-order chi connectivity index (χ1) is 32.7. The van der Waals surface area contributed by atoms with E-state index in [4.69, 9.17) is 29.4 Å². The van der Waals surface area contributed by atoms with Crippen LogP contribution in [0, 0.1) is 0 Å². The number of aliphatic carboxylic acids is 1. The molecular formula is C56H96NO9P. The van der Waals surface area contributed by atoms with E-state index in [9.17, 15) is 19.0 Å². The van der Waals surface area contributed by atoms with Crippen molar-refractivity contribution >= 4 is 19.8 Å². The molecule has 10 nitrogen and oxygen atoms in total. The second kappa shape index (κ2) is 50.8. The number of hydrogen-bond donors (Lipinski definition) is 3. The summed E-state index contributed by atoms with van der Waals surface area (Å²) in [6.07, 6.45) is 67.4. The molecule has 67 heavy (non-hydrogen) atoms. The molecule has 0 aromatic carbocycles. The summed E-state index contributed by atoms with van der Waals surface area (Å²) in [5.41, 5.74) is 5.38. The van der Waals surface area contributed by atoms with Gasteiger partial charge in [-0.15, -0.1) is 0 Å². The zero-order chi connectivity index (χ0) is 49.0. The van der Waals surface area contributed by atoms with Crippen molar-refractivity contribution in [2.45, 2.75) is 219 Å². The molecule has 0 rings (SSSR count). The minimum atomic E-state index is -4.64. The SMILES string of the molecule is CC/C=C\C/C=C\C/C=C\C/C=C\C/C=C\CCCCCCCCOCC(COP(=O)(O)OCC(N)C(=O)O)OC(=O)CCCCCCCCCC/C=C\C/C=C\C/C=C\CCCCCCC. The summed E-state index contributed by atoms with van der Waals surface area (Å²) in [5, 5.41) is 8.94. The molecule has 0 spiro atoms. The van der Waals surface area contributed by atoms with Crippen LogP contribution in [0.4, 0.5) is 0 Å². The third-order valence-corrected chi connectivity index (χ3v) is 11.8. The highest BCUT2D eigenvalue weighted by Gasteiger charge is 2.27. The lowest BCUT2D eigenvalue weighted by atomic mass is 10.1. The van der Waals surface area contributed by atoms with Crippen molar-refractivity contribution in [3.05, 3.63) is 97.2 Å². The van der Waals surface area contributed by atoms with Gasteiger partial charge in [0.2, 0.25) is 0 Å². The Balaban J connectivity index is 4.21. The molecule has 3 atom stereocenters. The minimum Gasteiger partial charge on any atom is -0.480 e. The second-order valence-electron chi connectivity index (χ2n) is 17.3. The molecule has 0 aliphatic rings. The average molecular weight is 958 g/mol. The number of allylic oxidation sites excluding steroid dienone is 16. The van der Waals surface area contributed by atoms with E-state index in [2.05, 4.69) is 111 Å². The highest BCUT2D eigenvalue weighted by molar-refractivity contribution is 7.47. The van der Waals surface area contributed by atoms with Gasteiger partial charge in [0.15, 0.2) is 0 Å². The predicted octanol–water partition coefficient (Wildman–Crippen LogP) is 15.7. The number of carboxylic acid groups (broad SMARTS) is 1. The van der Waals surface area contributed by atoms with Gasteiger partial charge >= 0.3 is 19.8 Å². The Kier molecular flexibility index (Phi) is 48.4. The number of ether oxygens (including phenoxy) is 2. The molecule has 0 saturated carbocycles. The summed E-state index contributed by atoms with van der Waals surface area (Å²) >= 11 is 0. The zero-order valence-corrected chi connectivity index (χ0v) is 43.1. The summed E-state index contributed by atoms with van der Waals surface area (Å²) in [4.78, 5) is 33.7. The maximum Gasteiger partial charge on any atom is 0.472 e. The predicted molar refractivity (Wildman–Crippen MR) is 281 cm³/mol. The highest BCUT2D eigenvalue weighted by Crippen LogP contribution is 2.43. The monoisotopic (exact) mass is 958 g/mol. The summed E-state index contributed by atoms with van der Waals surface area (Å²) in [5.74, 6) is -1.80. The van der Waals surface area contributed by atoms with Gasteiger partial charge in [0.25, 0.3) is 0 Å². The summed E-state index contributed by atoms with van der Waals surface area (Å²) in [6, 6.07) is -1.48. The van der Waals surface area contributed by atoms with Crippen molar-refractivity contribution in [3.8, 4) is 0 Å². The molecular weight excluding hydrogens is 862 g/mol. The number of unbranched alkanes of at least 4 members (excludes halogenated alkanes) is 19. The number of carbonyl (C=O) groups excluding carboxylic acids is 1. The van der Waals surface area contributed by atoms with E-state index in [0.717, 1.165) is 103 Å². The van der Waals surface area contributed by atoms with Gasteiger partial charge in [0.05, 0.1) is 19.8 Å². The molecule has 0 fully saturated rings. The van der Waals surface area contributed by atoms with Crippen LogP contribution in [0.3, 0.4) is 0 Å². The van der Waals surface area contributed by atoms with Gasteiger partial charge < -0.3 is 25.2 Å². The largest absolute Gasteiger partial charge is 0.480 e. The van der Waals surface area contributed by atoms with Crippen molar-refractivity contribution in [2.75, 3.05) is 26.4 Å². The molecule has 0 aromatic heterocycles. The molecule has 4 N–H and O–H groups in total. The number of hydrogen-bond acceptors (Lipinski definition) is 8. The van der Waals surface area contributed by atoms with Crippen molar-refractivity contribution in [3.63, 3.8) is 0 Å². The van der Waals surface area contributed by atoms with E-state index < -0.39 is 45.1 Å². The van der Waals surface area contributed by atoms with Crippen LogP contribution >= 0.6 is 7.82 Å².